The van der Waals surface area contributed by atoms with Gasteiger partial charge in [0, 0.05) is 11.1 Å². The summed E-state index contributed by atoms with van der Waals surface area (Å²) in [5, 5.41) is 10.7. The van der Waals surface area contributed by atoms with Gasteiger partial charge >= 0.3 is 0 Å². The minimum atomic E-state index is -1.20. The van der Waals surface area contributed by atoms with Crippen molar-refractivity contribution in [3.63, 3.8) is 0 Å². The van der Waals surface area contributed by atoms with Crippen molar-refractivity contribution in [3.05, 3.63) is 29.1 Å². The second kappa shape index (κ2) is 6.19. The fraction of sp³-hybridized carbons (Fsp3) is 0.526. The lowest BCUT2D eigenvalue weighted by Gasteiger charge is -2.47. The van der Waals surface area contributed by atoms with Gasteiger partial charge in [0.25, 0.3) is 0 Å². The number of Topliss-reactive ketones (excluding diaryl/α,β-unsaturated/α-hetero) is 1. The van der Waals surface area contributed by atoms with E-state index in [1.807, 2.05) is 0 Å². The number of carbonyl (C=O) groups excluding carboxylic acids is 1. The Morgan fingerprint density at radius 3 is 2.46 bits per heavy atom. The molecule has 1 saturated heterocycles. The zero-order valence-electron chi connectivity index (χ0n) is 14.9. The molecule has 0 aliphatic carbocycles. The summed E-state index contributed by atoms with van der Waals surface area (Å²) in [5.74, 6) is 3.56. The highest BCUT2D eigenvalue weighted by Crippen LogP contribution is 2.44. The quantitative estimate of drug-likeness (QED) is 0.845. The van der Waals surface area contributed by atoms with Crippen LogP contribution in [0.1, 0.15) is 51.7 Å². The Labute approximate surface area is 142 Å². The summed E-state index contributed by atoms with van der Waals surface area (Å²) in [5.41, 5.74) is -1.67. The molecule has 0 radical (unpaired) electrons. The minimum absolute atomic E-state index is 0.0427. The van der Waals surface area contributed by atoms with Crippen LogP contribution in [0.2, 0.25) is 0 Å². The highest BCUT2D eigenvalue weighted by Gasteiger charge is 2.54. The van der Waals surface area contributed by atoms with Crippen LogP contribution in [0.3, 0.4) is 0 Å². The summed E-state index contributed by atoms with van der Waals surface area (Å²) < 4.78 is 25.8. The molecule has 0 amide bonds. The fourth-order valence-electron chi connectivity index (χ4n) is 3.26. The average Bonchev–Trinajstić information content (AvgIpc) is 2.46. The molecule has 1 heterocycles. The van der Waals surface area contributed by atoms with E-state index in [1.54, 1.807) is 40.7 Å². The van der Waals surface area contributed by atoms with Crippen LogP contribution < -0.4 is 4.74 Å². The Morgan fingerprint density at radius 1 is 1.29 bits per heavy atom. The fourth-order valence-corrected chi connectivity index (χ4v) is 3.26. The van der Waals surface area contributed by atoms with E-state index in [-0.39, 0.29) is 17.1 Å². The van der Waals surface area contributed by atoms with Gasteiger partial charge in [-0.15, -0.1) is 5.92 Å². The molecule has 4 nitrogen and oxygen atoms in total. The summed E-state index contributed by atoms with van der Waals surface area (Å²) in [7, 11) is 1.40. The molecule has 1 aromatic rings. The number of hydrogen-bond acceptors (Lipinski definition) is 4. The van der Waals surface area contributed by atoms with Gasteiger partial charge in [0.05, 0.1) is 24.7 Å². The summed E-state index contributed by atoms with van der Waals surface area (Å²) in [6.07, 6.45) is -1.20. The van der Waals surface area contributed by atoms with E-state index < -0.39 is 29.0 Å². The molecule has 2 unspecified atom stereocenters. The first-order valence-corrected chi connectivity index (χ1v) is 7.78. The van der Waals surface area contributed by atoms with E-state index in [1.165, 1.54) is 13.2 Å². The van der Waals surface area contributed by atoms with Gasteiger partial charge in [-0.3, -0.25) is 4.79 Å². The first kappa shape index (κ1) is 18.4. The van der Waals surface area contributed by atoms with E-state index in [0.717, 1.165) is 0 Å². The van der Waals surface area contributed by atoms with Crippen LogP contribution in [0.4, 0.5) is 4.39 Å². The summed E-state index contributed by atoms with van der Waals surface area (Å²) in [6.45, 7) is 8.25. The number of ether oxygens (including phenoxy) is 2. The number of rotatable bonds is 2. The van der Waals surface area contributed by atoms with Gasteiger partial charge in [-0.1, -0.05) is 5.92 Å². The Bertz CT molecular complexity index is 725. The number of methoxy groups -OCH3 is 1. The van der Waals surface area contributed by atoms with Crippen molar-refractivity contribution >= 4 is 5.78 Å². The molecule has 1 fully saturated rings. The maximum atomic E-state index is 14.8. The molecule has 1 aliphatic rings. The highest BCUT2D eigenvalue weighted by molar-refractivity contribution is 5.94. The molecule has 130 valence electrons. The molecular formula is C19H23FO4. The molecule has 0 spiro atoms. The number of benzene rings is 1. The number of carbonyl (C=O) groups is 1. The Kier molecular flexibility index (Phi) is 4.76. The average molecular weight is 334 g/mol. The van der Waals surface area contributed by atoms with Crippen molar-refractivity contribution in [2.45, 2.75) is 57.8 Å². The van der Waals surface area contributed by atoms with Crippen molar-refractivity contribution in [2.75, 3.05) is 7.11 Å². The van der Waals surface area contributed by atoms with Crippen LogP contribution >= 0.6 is 0 Å². The van der Waals surface area contributed by atoms with Crippen LogP contribution in [0, 0.1) is 17.7 Å². The molecule has 1 aliphatic heterocycles. The Morgan fingerprint density at radius 2 is 1.92 bits per heavy atom. The second-order valence-electron chi connectivity index (χ2n) is 6.95. The topological polar surface area (TPSA) is 55.8 Å². The van der Waals surface area contributed by atoms with Crippen molar-refractivity contribution in [2.24, 2.45) is 0 Å². The molecule has 0 aromatic heterocycles. The number of hydrogen-bond donors (Lipinski definition) is 1. The van der Waals surface area contributed by atoms with Gasteiger partial charge in [-0.05, 0) is 46.8 Å². The predicted molar refractivity (Wildman–Crippen MR) is 88.5 cm³/mol. The standard InChI is InChI=1S/C19H23FO4/c1-7-8-11-9-12(20)14(13(10-11)23-6)15-16(21)18(2,3)24-19(4,5)17(15)22/h9-10,15-16,21H,1-6H3. The van der Waals surface area contributed by atoms with Gasteiger partial charge in [0.2, 0.25) is 0 Å². The van der Waals surface area contributed by atoms with Crippen molar-refractivity contribution in [3.8, 4) is 17.6 Å². The zero-order chi connectivity index (χ0) is 18.3. The first-order valence-electron chi connectivity index (χ1n) is 7.78. The third kappa shape index (κ3) is 3.04. The zero-order valence-corrected chi connectivity index (χ0v) is 14.9. The first-order chi connectivity index (χ1) is 11.0. The smallest absolute Gasteiger partial charge is 0.174 e. The number of ketones is 1. The Hall–Kier alpha value is -1.90. The van der Waals surface area contributed by atoms with E-state index >= 15 is 0 Å². The molecule has 2 atom stereocenters. The molecule has 2 rings (SSSR count). The SMILES string of the molecule is CC#Cc1cc(F)c(C2C(=O)C(C)(C)OC(C)(C)C2O)c(OC)c1. The molecule has 1 N–H and O–H groups in total. The molecule has 5 heteroatoms. The maximum Gasteiger partial charge on any atom is 0.174 e. The lowest BCUT2D eigenvalue weighted by atomic mass is 9.73. The van der Waals surface area contributed by atoms with Gasteiger partial charge in [-0.2, -0.15) is 0 Å². The minimum Gasteiger partial charge on any atom is -0.496 e. The monoisotopic (exact) mass is 334 g/mol. The van der Waals surface area contributed by atoms with E-state index in [2.05, 4.69) is 11.8 Å². The van der Waals surface area contributed by atoms with Crippen LogP contribution in [0.15, 0.2) is 12.1 Å². The van der Waals surface area contributed by atoms with Crippen LogP contribution in [-0.4, -0.2) is 35.3 Å². The Balaban J connectivity index is 2.67. The summed E-state index contributed by atoms with van der Waals surface area (Å²) >= 11 is 0. The van der Waals surface area contributed by atoms with E-state index in [0.29, 0.717) is 5.56 Å². The molecule has 1 aromatic carbocycles. The van der Waals surface area contributed by atoms with Crippen LogP contribution in [0.25, 0.3) is 0 Å². The number of aliphatic hydroxyl groups excluding tert-OH is 1. The lowest BCUT2D eigenvalue weighted by Crippen LogP contribution is -2.60. The van der Waals surface area contributed by atoms with Gasteiger partial charge < -0.3 is 14.6 Å². The van der Waals surface area contributed by atoms with Gasteiger partial charge in [-0.25, -0.2) is 4.39 Å². The van der Waals surface area contributed by atoms with E-state index in [4.69, 9.17) is 9.47 Å². The van der Waals surface area contributed by atoms with Gasteiger partial charge in [0.1, 0.15) is 17.2 Å². The lowest BCUT2D eigenvalue weighted by molar-refractivity contribution is -0.210. The largest absolute Gasteiger partial charge is 0.496 e. The van der Waals surface area contributed by atoms with Gasteiger partial charge in [0.15, 0.2) is 5.78 Å². The molecule has 24 heavy (non-hydrogen) atoms. The second-order valence-corrected chi connectivity index (χ2v) is 6.95. The third-order valence-corrected chi connectivity index (χ3v) is 4.31. The van der Waals surface area contributed by atoms with E-state index in [9.17, 15) is 14.3 Å². The third-order valence-electron chi connectivity index (χ3n) is 4.31. The molecular weight excluding hydrogens is 311 g/mol. The highest BCUT2D eigenvalue weighted by atomic mass is 19.1. The summed E-state index contributed by atoms with van der Waals surface area (Å²) in [6, 6.07) is 2.83. The maximum absolute atomic E-state index is 14.8. The number of aliphatic hydroxyl groups is 1. The normalized spacial score (nSPS) is 24.9. The predicted octanol–water partition coefficient (Wildman–Crippen LogP) is 2.81. The summed E-state index contributed by atoms with van der Waals surface area (Å²) in [4.78, 5) is 12.8. The van der Waals surface area contributed by atoms with Crippen molar-refractivity contribution in [1.29, 1.82) is 0 Å². The van der Waals surface area contributed by atoms with Crippen molar-refractivity contribution < 1.29 is 23.8 Å². The molecule has 0 bridgehead atoms. The van der Waals surface area contributed by atoms with Crippen molar-refractivity contribution in [1.82, 2.24) is 0 Å². The van der Waals surface area contributed by atoms with Crippen LogP contribution in [-0.2, 0) is 9.53 Å². The number of halogens is 1. The van der Waals surface area contributed by atoms with Crippen LogP contribution in [0.5, 0.6) is 5.75 Å². The molecule has 0 saturated carbocycles.